The molecule has 0 saturated heterocycles. The zero-order valence-electron chi connectivity index (χ0n) is 12.5. The first-order chi connectivity index (χ1) is 9.53. The molecule has 1 amide bonds. The number of carbonyl (C=O) groups excluding carboxylic acids is 1. The van der Waals surface area contributed by atoms with Gasteiger partial charge in [0, 0.05) is 18.2 Å². The summed E-state index contributed by atoms with van der Waals surface area (Å²) in [4.78, 5) is 12.1. The zero-order valence-corrected chi connectivity index (χ0v) is 12.5. The smallest absolute Gasteiger partial charge is 0.251 e. The number of carbonyl (C=O) groups is 1. The summed E-state index contributed by atoms with van der Waals surface area (Å²) in [6, 6.07) is 4.95. The Morgan fingerprint density at radius 2 is 2.05 bits per heavy atom. The van der Waals surface area contributed by atoms with Crippen molar-refractivity contribution >= 4 is 5.91 Å². The molecule has 112 valence electrons. The van der Waals surface area contributed by atoms with Gasteiger partial charge in [-0.25, -0.2) is 0 Å². The summed E-state index contributed by atoms with van der Waals surface area (Å²) in [7, 11) is 1.56. The van der Waals surface area contributed by atoms with Crippen molar-refractivity contribution in [3.63, 3.8) is 0 Å². The topological polar surface area (TPSA) is 67.8 Å². The number of aliphatic hydroxyl groups is 1. The highest BCUT2D eigenvalue weighted by Crippen LogP contribution is 2.28. The summed E-state index contributed by atoms with van der Waals surface area (Å²) in [5.74, 6) is 0.954. The van der Waals surface area contributed by atoms with Crippen molar-refractivity contribution in [2.75, 3.05) is 20.3 Å². The third-order valence-electron chi connectivity index (χ3n) is 3.23. The number of methoxy groups -OCH3 is 1. The Morgan fingerprint density at radius 1 is 1.35 bits per heavy atom. The minimum Gasteiger partial charge on any atom is -0.493 e. The summed E-state index contributed by atoms with van der Waals surface area (Å²) in [5, 5.41) is 11.9. The molecule has 5 nitrogen and oxygen atoms in total. The van der Waals surface area contributed by atoms with Crippen molar-refractivity contribution < 1.29 is 19.4 Å². The molecule has 2 unspecified atom stereocenters. The molecule has 1 aromatic carbocycles. The molecule has 0 heterocycles. The molecule has 0 bridgehead atoms. The normalized spacial score (nSPS) is 13.4. The van der Waals surface area contributed by atoms with Crippen LogP contribution in [0.1, 0.15) is 31.1 Å². The third kappa shape index (κ3) is 4.13. The molecule has 0 aromatic heterocycles. The summed E-state index contributed by atoms with van der Waals surface area (Å²) in [6.07, 6.45) is 0. The maximum Gasteiger partial charge on any atom is 0.251 e. The lowest BCUT2D eigenvalue weighted by atomic mass is 10.0. The first-order valence-electron chi connectivity index (χ1n) is 6.76. The van der Waals surface area contributed by atoms with E-state index < -0.39 is 0 Å². The number of amides is 1. The molecule has 0 aliphatic heterocycles. The van der Waals surface area contributed by atoms with E-state index in [9.17, 15) is 4.79 Å². The van der Waals surface area contributed by atoms with Crippen LogP contribution in [0, 0.1) is 5.92 Å². The number of benzene rings is 1. The Kier molecular flexibility index (Phi) is 6.31. The molecule has 1 rings (SSSR count). The van der Waals surface area contributed by atoms with Crippen LogP contribution in [0.25, 0.3) is 0 Å². The van der Waals surface area contributed by atoms with Gasteiger partial charge in [0.2, 0.25) is 0 Å². The molecule has 0 aliphatic carbocycles. The van der Waals surface area contributed by atoms with Gasteiger partial charge in [0.15, 0.2) is 11.5 Å². The predicted octanol–water partition coefficient (Wildman–Crippen LogP) is 1.84. The van der Waals surface area contributed by atoms with Gasteiger partial charge in [-0.3, -0.25) is 4.79 Å². The van der Waals surface area contributed by atoms with Crippen LogP contribution < -0.4 is 14.8 Å². The van der Waals surface area contributed by atoms with Crippen LogP contribution >= 0.6 is 0 Å². The lowest BCUT2D eigenvalue weighted by Gasteiger charge is -2.19. The molecule has 0 radical (unpaired) electrons. The first-order valence-corrected chi connectivity index (χ1v) is 6.76. The molecular weight excluding hydrogens is 258 g/mol. The van der Waals surface area contributed by atoms with E-state index in [0.29, 0.717) is 23.7 Å². The summed E-state index contributed by atoms with van der Waals surface area (Å²) in [6.45, 7) is 6.15. The minimum atomic E-state index is -0.193. The van der Waals surface area contributed by atoms with E-state index in [0.717, 1.165) is 0 Å². The van der Waals surface area contributed by atoms with Crippen LogP contribution in [0.3, 0.4) is 0 Å². The van der Waals surface area contributed by atoms with E-state index in [1.807, 2.05) is 20.8 Å². The maximum absolute atomic E-state index is 12.1. The monoisotopic (exact) mass is 281 g/mol. The van der Waals surface area contributed by atoms with E-state index >= 15 is 0 Å². The SMILES string of the molecule is CCOc1cc(C(=O)NC(C)C(C)CO)ccc1OC. The fourth-order valence-corrected chi connectivity index (χ4v) is 1.68. The van der Waals surface area contributed by atoms with Gasteiger partial charge in [0.25, 0.3) is 5.91 Å². The number of rotatable bonds is 7. The molecule has 5 heteroatoms. The fourth-order valence-electron chi connectivity index (χ4n) is 1.68. The van der Waals surface area contributed by atoms with Crippen molar-refractivity contribution in [2.24, 2.45) is 5.92 Å². The van der Waals surface area contributed by atoms with Gasteiger partial charge in [-0.2, -0.15) is 0 Å². The van der Waals surface area contributed by atoms with Gasteiger partial charge in [0.1, 0.15) is 0 Å². The van der Waals surface area contributed by atoms with Crippen LogP contribution in [0.2, 0.25) is 0 Å². The van der Waals surface area contributed by atoms with Crippen molar-refractivity contribution in [3.05, 3.63) is 23.8 Å². The lowest BCUT2D eigenvalue weighted by Crippen LogP contribution is -2.38. The van der Waals surface area contributed by atoms with Crippen molar-refractivity contribution in [1.29, 1.82) is 0 Å². The van der Waals surface area contributed by atoms with E-state index in [1.165, 1.54) is 0 Å². The number of ether oxygens (including phenoxy) is 2. The fraction of sp³-hybridized carbons (Fsp3) is 0.533. The molecule has 0 saturated carbocycles. The van der Waals surface area contributed by atoms with Crippen molar-refractivity contribution in [2.45, 2.75) is 26.8 Å². The van der Waals surface area contributed by atoms with E-state index in [4.69, 9.17) is 14.6 Å². The largest absolute Gasteiger partial charge is 0.493 e. The molecule has 0 fully saturated rings. The maximum atomic E-state index is 12.1. The second-order valence-electron chi connectivity index (χ2n) is 4.72. The van der Waals surface area contributed by atoms with Gasteiger partial charge in [-0.05, 0) is 38.0 Å². The van der Waals surface area contributed by atoms with Crippen LogP contribution in [0.4, 0.5) is 0 Å². The van der Waals surface area contributed by atoms with Gasteiger partial charge >= 0.3 is 0 Å². The van der Waals surface area contributed by atoms with Crippen LogP contribution in [-0.4, -0.2) is 37.4 Å². The van der Waals surface area contributed by atoms with E-state index in [1.54, 1.807) is 25.3 Å². The number of nitrogens with one attached hydrogen (secondary N) is 1. The summed E-state index contributed by atoms with van der Waals surface area (Å²) in [5.41, 5.74) is 0.506. The van der Waals surface area contributed by atoms with Crippen molar-refractivity contribution in [1.82, 2.24) is 5.32 Å². The summed E-state index contributed by atoms with van der Waals surface area (Å²) >= 11 is 0. The summed E-state index contributed by atoms with van der Waals surface area (Å²) < 4.78 is 10.6. The molecule has 0 spiro atoms. The number of hydrogen-bond donors (Lipinski definition) is 2. The van der Waals surface area contributed by atoms with Gasteiger partial charge < -0.3 is 19.9 Å². The Morgan fingerprint density at radius 3 is 2.60 bits per heavy atom. The van der Waals surface area contributed by atoms with Crippen molar-refractivity contribution in [3.8, 4) is 11.5 Å². The molecule has 20 heavy (non-hydrogen) atoms. The molecule has 2 atom stereocenters. The van der Waals surface area contributed by atoms with Crippen LogP contribution in [0.5, 0.6) is 11.5 Å². The first kappa shape index (κ1) is 16.3. The molecule has 2 N–H and O–H groups in total. The van der Waals surface area contributed by atoms with Gasteiger partial charge in [-0.15, -0.1) is 0 Å². The molecule has 1 aromatic rings. The standard InChI is InChI=1S/C15H23NO4/c1-5-20-14-8-12(6-7-13(14)19-4)15(18)16-11(3)10(2)9-17/h6-8,10-11,17H,5,9H2,1-4H3,(H,16,18). The average molecular weight is 281 g/mol. The van der Waals surface area contributed by atoms with Crippen LogP contribution in [-0.2, 0) is 0 Å². The molecule has 0 aliphatic rings. The minimum absolute atomic E-state index is 0.00330. The Bertz CT molecular complexity index is 447. The quantitative estimate of drug-likeness (QED) is 0.800. The molecular formula is C15H23NO4. The third-order valence-corrected chi connectivity index (χ3v) is 3.23. The van der Waals surface area contributed by atoms with E-state index in [2.05, 4.69) is 5.32 Å². The van der Waals surface area contributed by atoms with E-state index in [-0.39, 0.29) is 24.5 Å². The Hall–Kier alpha value is -1.75. The number of aliphatic hydroxyl groups excluding tert-OH is 1. The Labute approximate surface area is 119 Å². The van der Waals surface area contributed by atoms with Crippen LogP contribution in [0.15, 0.2) is 18.2 Å². The van der Waals surface area contributed by atoms with Gasteiger partial charge in [-0.1, -0.05) is 6.92 Å². The highest BCUT2D eigenvalue weighted by molar-refractivity contribution is 5.95. The second kappa shape index (κ2) is 7.75. The average Bonchev–Trinajstić information content (AvgIpc) is 2.46. The predicted molar refractivity (Wildman–Crippen MR) is 77.3 cm³/mol. The Balaban J connectivity index is 2.85. The lowest BCUT2D eigenvalue weighted by molar-refractivity contribution is 0.0915. The number of hydrogen-bond acceptors (Lipinski definition) is 4. The zero-order chi connectivity index (χ0) is 15.1. The highest BCUT2D eigenvalue weighted by atomic mass is 16.5. The van der Waals surface area contributed by atoms with Gasteiger partial charge in [0.05, 0.1) is 13.7 Å². The second-order valence-corrected chi connectivity index (χ2v) is 4.72. The highest BCUT2D eigenvalue weighted by Gasteiger charge is 2.16.